The molecule has 0 saturated heterocycles. The quantitative estimate of drug-likeness (QED) is 0.456. The van der Waals surface area contributed by atoms with E-state index in [1.807, 2.05) is 0 Å². The Hall–Kier alpha value is -0.295. The van der Waals surface area contributed by atoms with Crippen molar-refractivity contribution in [3.05, 3.63) is 0 Å². The van der Waals surface area contributed by atoms with Crippen LogP contribution in [-0.4, -0.2) is 46.7 Å². The summed E-state index contributed by atoms with van der Waals surface area (Å²) in [5, 5.41) is 21.7. The summed E-state index contributed by atoms with van der Waals surface area (Å²) in [6.45, 7) is 6.47. The predicted molar refractivity (Wildman–Crippen MR) is 63.2 cm³/mol. The Kier molecular flexibility index (Phi) is 5.75. The van der Waals surface area contributed by atoms with Crippen molar-refractivity contribution in [1.29, 1.82) is 0 Å². The lowest BCUT2D eigenvalue weighted by molar-refractivity contribution is -0.118. The van der Waals surface area contributed by atoms with E-state index in [0.29, 0.717) is 0 Å². The smallest absolute Gasteiger partial charge is 0.426 e. The maximum absolute atomic E-state index is 10.8. The second-order valence-electron chi connectivity index (χ2n) is 4.58. The number of amides is 1. The van der Waals surface area contributed by atoms with Crippen LogP contribution in [0.25, 0.3) is 0 Å². The Morgan fingerprint density at radius 3 is 2.31 bits per heavy atom. The van der Waals surface area contributed by atoms with Crippen LogP contribution in [0.15, 0.2) is 0 Å². The fourth-order valence-corrected chi connectivity index (χ4v) is 0.869. The van der Waals surface area contributed by atoms with Crippen molar-refractivity contribution in [3.63, 3.8) is 0 Å². The SMILES string of the molecule is CC(C)(O)C(C)(C)OB(O)CNC(=O)CCl. The number of hydrogen-bond acceptors (Lipinski definition) is 4. The minimum atomic E-state index is -1.19. The third-order valence-electron chi connectivity index (χ3n) is 2.50. The number of carbonyl (C=O) groups excluding carboxylic acids is 1. The Labute approximate surface area is 101 Å². The van der Waals surface area contributed by atoms with Gasteiger partial charge < -0.3 is 20.1 Å². The monoisotopic (exact) mass is 251 g/mol. The molecule has 0 saturated carbocycles. The number of alkyl halides is 1. The molecular formula is C9H19BClNO4. The van der Waals surface area contributed by atoms with Crippen LogP contribution in [0.4, 0.5) is 0 Å². The van der Waals surface area contributed by atoms with E-state index in [0.717, 1.165) is 0 Å². The molecule has 0 unspecified atom stereocenters. The van der Waals surface area contributed by atoms with Crippen molar-refractivity contribution in [2.24, 2.45) is 0 Å². The Balaban J connectivity index is 4.14. The zero-order valence-corrected chi connectivity index (χ0v) is 10.8. The van der Waals surface area contributed by atoms with E-state index in [9.17, 15) is 14.9 Å². The minimum absolute atomic E-state index is 0.0644. The second-order valence-corrected chi connectivity index (χ2v) is 4.85. The summed E-state index contributed by atoms with van der Waals surface area (Å²) in [5.41, 5.74) is -2.04. The van der Waals surface area contributed by atoms with Gasteiger partial charge in [0.05, 0.1) is 17.6 Å². The lowest BCUT2D eigenvalue weighted by atomic mass is 9.83. The molecule has 1 amide bonds. The van der Waals surface area contributed by atoms with E-state index in [2.05, 4.69) is 5.32 Å². The Morgan fingerprint density at radius 1 is 1.44 bits per heavy atom. The van der Waals surface area contributed by atoms with Gasteiger partial charge in [-0.2, -0.15) is 0 Å². The van der Waals surface area contributed by atoms with E-state index in [4.69, 9.17) is 16.3 Å². The molecule has 0 aromatic carbocycles. The largest absolute Gasteiger partial charge is 0.475 e. The minimum Gasteiger partial charge on any atom is -0.426 e. The van der Waals surface area contributed by atoms with Crippen molar-refractivity contribution in [1.82, 2.24) is 5.32 Å². The summed E-state index contributed by atoms with van der Waals surface area (Å²) in [6, 6.07) is 0. The fraction of sp³-hybridized carbons (Fsp3) is 0.889. The highest BCUT2D eigenvalue weighted by molar-refractivity contribution is 6.43. The van der Waals surface area contributed by atoms with E-state index in [-0.39, 0.29) is 18.2 Å². The summed E-state index contributed by atoms with van der Waals surface area (Å²) in [5.74, 6) is -0.549. The van der Waals surface area contributed by atoms with Gasteiger partial charge in [0.15, 0.2) is 0 Å². The van der Waals surface area contributed by atoms with Gasteiger partial charge >= 0.3 is 7.12 Å². The van der Waals surface area contributed by atoms with Crippen LogP contribution < -0.4 is 5.32 Å². The number of nitrogens with one attached hydrogen (secondary N) is 1. The fourth-order valence-electron chi connectivity index (χ4n) is 0.774. The van der Waals surface area contributed by atoms with Crippen molar-refractivity contribution in [3.8, 4) is 0 Å². The highest BCUT2D eigenvalue weighted by Gasteiger charge is 2.38. The number of aliphatic hydroxyl groups is 1. The third-order valence-corrected chi connectivity index (χ3v) is 2.74. The maximum Gasteiger partial charge on any atom is 0.475 e. The molecule has 0 aromatic heterocycles. The molecule has 0 atom stereocenters. The summed E-state index contributed by atoms with van der Waals surface area (Å²) in [4.78, 5) is 10.8. The van der Waals surface area contributed by atoms with Crippen LogP contribution in [0.2, 0.25) is 0 Å². The molecule has 0 fully saturated rings. The summed E-state index contributed by atoms with van der Waals surface area (Å²) < 4.78 is 5.24. The highest BCUT2D eigenvalue weighted by atomic mass is 35.5. The molecule has 0 rings (SSSR count). The maximum atomic E-state index is 10.8. The molecule has 0 aromatic rings. The normalized spacial score (nSPS) is 12.4. The first-order valence-corrected chi connectivity index (χ1v) is 5.54. The van der Waals surface area contributed by atoms with Crippen molar-refractivity contribution in [2.75, 3.05) is 12.3 Å². The first kappa shape index (κ1) is 15.7. The van der Waals surface area contributed by atoms with Gasteiger partial charge in [0, 0.05) is 0 Å². The molecule has 0 radical (unpaired) electrons. The molecule has 3 N–H and O–H groups in total. The molecule has 94 valence electrons. The van der Waals surface area contributed by atoms with Crippen LogP contribution in [0.5, 0.6) is 0 Å². The molecule has 7 heteroatoms. The van der Waals surface area contributed by atoms with Crippen LogP contribution in [0.3, 0.4) is 0 Å². The van der Waals surface area contributed by atoms with Gasteiger partial charge in [0.1, 0.15) is 5.88 Å². The van der Waals surface area contributed by atoms with Crippen molar-refractivity contribution < 1.29 is 19.6 Å². The summed E-state index contributed by atoms with van der Waals surface area (Å²) >= 11 is 5.27. The average Bonchev–Trinajstić information content (AvgIpc) is 2.11. The van der Waals surface area contributed by atoms with Gasteiger partial charge in [0.25, 0.3) is 0 Å². The predicted octanol–water partition coefficient (Wildman–Crippen LogP) is -0.0728. The molecule has 0 heterocycles. The van der Waals surface area contributed by atoms with Gasteiger partial charge in [-0.25, -0.2) is 0 Å². The van der Waals surface area contributed by atoms with Gasteiger partial charge in [-0.15, -0.1) is 11.6 Å². The first-order valence-electron chi connectivity index (χ1n) is 5.01. The highest BCUT2D eigenvalue weighted by Crippen LogP contribution is 2.25. The zero-order chi connectivity index (χ0) is 13.0. The van der Waals surface area contributed by atoms with Crippen LogP contribution in [0.1, 0.15) is 27.7 Å². The zero-order valence-electron chi connectivity index (χ0n) is 10.1. The third kappa shape index (κ3) is 5.16. The number of halogens is 1. The van der Waals surface area contributed by atoms with E-state index in [1.165, 1.54) is 0 Å². The van der Waals surface area contributed by atoms with Gasteiger partial charge in [0.2, 0.25) is 5.91 Å². The molecule has 5 nitrogen and oxygen atoms in total. The van der Waals surface area contributed by atoms with E-state index < -0.39 is 18.3 Å². The van der Waals surface area contributed by atoms with Crippen molar-refractivity contribution in [2.45, 2.75) is 38.9 Å². The van der Waals surface area contributed by atoms with Crippen molar-refractivity contribution >= 4 is 24.6 Å². The standard InChI is InChI=1S/C9H19BClNO4/c1-8(2,14)9(3,4)16-10(15)6-12-7(13)5-11/h14-15H,5-6H2,1-4H3,(H,12,13). The number of hydrogen-bond donors (Lipinski definition) is 3. The molecule has 0 aliphatic carbocycles. The summed E-state index contributed by atoms with van der Waals surface area (Å²) in [6.07, 6.45) is -0.0644. The molecule has 0 spiro atoms. The molecule has 0 aliphatic rings. The van der Waals surface area contributed by atoms with E-state index >= 15 is 0 Å². The second kappa shape index (κ2) is 5.86. The Morgan fingerprint density at radius 2 is 1.94 bits per heavy atom. The lowest BCUT2D eigenvalue weighted by Gasteiger charge is -2.38. The van der Waals surface area contributed by atoms with Gasteiger partial charge in [-0.05, 0) is 27.7 Å². The van der Waals surface area contributed by atoms with Crippen LogP contribution in [0, 0.1) is 0 Å². The molecule has 0 aliphatic heterocycles. The molecule has 0 bridgehead atoms. The van der Waals surface area contributed by atoms with Crippen LogP contribution >= 0.6 is 11.6 Å². The van der Waals surface area contributed by atoms with Gasteiger partial charge in [-0.3, -0.25) is 4.79 Å². The van der Waals surface area contributed by atoms with E-state index in [1.54, 1.807) is 27.7 Å². The molecular weight excluding hydrogens is 232 g/mol. The lowest BCUT2D eigenvalue weighted by Crippen LogP contribution is -2.52. The number of carbonyl (C=O) groups is 1. The first-order chi connectivity index (χ1) is 7.10. The van der Waals surface area contributed by atoms with Crippen LogP contribution in [-0.2, 0) is 9.45 Å². The average molecular weight is 252 g/mol. The summed E-state index contributed by atoms with van der Waals surface area (Å²) in [7, 11) is -1.19. The van der Waals surface area contributed by atoms with Gasteiger partial charge in [-0.1, -0.05) is 0 Å². The Bertz CT molecular complexity index is 242. The number of rotatable bonds is 6. The molecule has 16 heavy (non-hydrogen) atoms. The topological polar surface area (TPSA) is 78.8 Å².